The Bertz CT molecular complexity index is 982. The van der Waals surface area contributed by atoms with E-state index in [-0.39, 0.29) is 0 Å². The molecule has 0 saturated heterocycles. The zero-order valence-electron chi connectivity index (χ0n) is 14.7. The van der Waals surface area contributed by atoms with Crippen molar-refractivity contribution in [3.63, 3.8) is 0 Å². The molecule has 0 amide bonds. The number of unbranched alkanes of at least 4 members (excludes halogenated alkanes) is 1. The minimum Gasteiger partial charge on any atom is -0.309 e. The van der Waals surface area contributed by atoms with Crippen molar-refractivity contribution in [3.05, 3.63) is 76.3 Å². The first-order chi connectivity index (χ1) is 12.2. The molecule has 0 spiro atoms. The van der Waals surface area contributed by atoms with E-state index in [0.29, 0.717) is 0 Å². The van der Waals surface area contributed by atoms with Gasteiger partial charge in [0.15, 0.2) is 0 Å². The molecule has 0 unspecified atom stereocenters. The molecule has 1 nitrogen and oxygen atoms in total. The molecule has 4 rings (SSSR count). The van der Waals surface area contributed by atoms with Gasteiger partial charge in [-0.2, -0.15) is 0 Å². The molecular formula is C23H22BrN. The van der Waals surface area contributed by atoms with Crippen LogP contribution in [0.15, 0.2) is 65.1 Å². The molecule has 25 heavy (non-hydrogen) atoms. The Morgan fingerprint density at radius 2 is 1.52 bits per heavy atom. The highest BCUT2D eigenvalue weighted by atomic mass is 79.9. The summed E-state index contributed by atoms with van der Waals surface area (Å²) < 4.78 is 3.50. The van der Waals surface area contributed by atoms with Gasteiger partial charge >= 0.3 is 0 Å². The van der Waals surface area contributed by atoms with Crippen molar-refractivity contribution in [2.75, 3.05) is 0 Å². The average molecular weight is 392 g/mol. The third kappa shape index (κ3) is 3.00. The number of hydrogen-bond donors (Lipinski definition) is 0. The maximum Gasteiger partial charge on any atom is 0.0541 e. The summed E-state index contributed by atoms with van der Waals surface area (Å²) >= 11 is 3.63. The molecule has 2 heteroatoms. The predicted octanol–water partition coefficient (Wildman–Crippen LogP) is 7.20. The summed E-state index contributed by atoms with van der Waals surface area (Å²) in [5.74, 6) is 0. The second-order valence-electron chi connectivity index (χ2n) is 6.79. The van der Waals surface area contributed by atoms with Gasteiger partial charge in [-0.1, -0.05) is 53.0 Å². The Hall–Kier alpha value is -2.06. The highest BCUT2D eigenvalue weighted by Crippen LogP contribution is 2.34. The summed E-state index contributed by atoms with van der Waals surface area (Å²) in [5, 5.41) is 2.61. The van der Waals surface area contributed by atoms with E-state index in [2.05, 4.69) is 95.0 Å². The minimum absolute atomic E-state index is 1.12. The van der Waals surface area contributed by atoms with Gasteiger partial charge < -0.3 is 4.57 Å². The largest absolute Gasteiger partial charge is 0.309 e. The van der Waals surface area contributed by atoms with Gasteiger partial charge in [-0.05, 0) is 67.8 Å². The van der Waals surface area contributed by atoms with E-state index in [1.54, 1.807) is 0 Å². The molecule has 0 fully saturated rings. The van der Waals surface area contributed by atoms with Gasteiger partial charge in [0.05, 0.1) is 11.0 Å². The first kappa shape index (κ1) is 16.4. The number of hydrogen-bond acceptors (Lipinski definition) is 0. The Morgan fingerprint density at radius 1 is 0.840 bits per heavy atom. The van der Waals surface area contributed by atoms with Crippen LogP contribution in [0.3, 0.4) is 0 Å². The van der Waals surface area contributed by atoms with E-state index >= 15 is 0 Å². The molecule has 0 atom stereocenters. The number of aryl methyl sites for hydroxylation is 2. The molecule has 1 aromatic heterocycles. The molecule has 0 bridgehead atoms. The van der Waals surface area contributed by atoms with Crippen molar-refractivity contribution in [1.29, 1.82) is 0 Å². The summed E-state index contributed by atoms with van der Waals surface area (Å²) in [7, 11) is 0. The van der Waals surface area contributed by atoms with Crippen LogP contribution in [0.2, 0.25) is 0 Å². The summed E-state index contributed by atoms with van der Waals surface area (Å²) in [6.45, 7) is 4.40. The van der Waals surface area contributed by atoms with E-state index in [1.807, 2.05) is 0 Å². The number of fused-ring (bicyclic) bond motifs is 3. The van der Waals surface area contributed by atoms with Gasteiger partial charge in [0.1, 0.15) is 0 Å². The van der Waals surface area contributed by atoms with Crippen LogP contribution < -0.4 is 0 Å². The SMILES string of the molecule is CCCCc1ccc(-n2c3ccc(C)cc3c3cc(Br)ccc32)cc1. The third-order valence-electron chi connectivity index (χ3n) is 4.90. The Morgan fingerprint density at radius 3 is 2.24 bits per heavy atom. The Labute approximate surface area is 157 Å². The Kier molecular flexibility index (Phi) is 4.39. The number of halogens is 1. The van der Waals surface area contributed by atoms with Crippen LogP contribution in [0.5, 0.6) is 0 Å². The van der Waals surface area contributed by atoms with E-state index in [4.69, 9.17) is 0 Å². The van der Waals surface area contributed by atoms with Gasteiger partial charge in [0.25, 0.3) is 0 Å². The van der Waals surface area contributed by atoms with Crippen LogP contribution in [-0.4, -0.2) is 4.57 Å². The van der Waals surface area contributed by atoms with Gasteiger partial charge in [-0.15, -0.1) is 0 Å². The predicted molar refractivity (Wildman–Crippen MR) is 112 cm³/mol. The van der Waals surface area contributed by atoms with Crippen LogP contribution in [-0.2, 0) is 6.42 Å². The highest BCUT2D eigenvalue weighted by Gasteiger charge is 2.12. The van der Waals surface area contributed by atoms with Crippen molar-refractivity contribution in [1.82, 2.24) is 4.57 Å². The molecule has 0 radical (unpaired) electrons. The lowest BCUT2D eigenvalue weighted by atomic mass is 10.1. The maximum atomic E-state index is 3.63. The average Bonchev–Trinajstić information content (AvgIpc) is 2.93. The minimum atomic E-state index is 1.12. The number of rotatable bonds is 4. The first-order valence-corrected chi connectivity index (χ1v) is 9.76. The summed E-state index contributed by atoms with van der Waals surface area (Å²) in [6, 6.07) is 22.3. The van der Waals surface area contributed by atoms with E-state index in [9.17, 15) is 0 Å². The van der Waals surface area contributed by atoms with E-state index in [1.165, 1.54) is 51.5 Å². The second kappa shape index (κ2) is 6.68. The van der Waals surface area contributed by atoms with E-state index in [0.717, 1.165) is 10.9 Å². The van der Waals surface area contributed by atoms with Gasteiger partial charge in [0, 0.05) is 20.9 Å². The molecule has 0 aliphatic rings. The number of aromatic nitrogens is 1. The lowest BCUT2D eigenvalue weighted by Gasteiger charge is -2.09. The molecule has 4 aromatic rings. The van der Waals surface area contributed by atoms with Crippen LogP contribution in [0.25, 0.3) is 27.5 Å². The fourth-order valence-electron chi connectivity index (χ4n) is 3.58. The lowest BCUT2D eigenvalue weighted by Crippen LogP contribution is -1.94. The van der Waals surface area contributed by atoms with Crippen molar-refractivity contribution >= 4 is 37.7 Å². The normalized spacial score (nSPS) is 11.5. The van der Waals surface area contributed by atoms with Crippen molar-refractivity contribution in [2.24, 2.45) is 0 Å². The molecular weight excluding hydrogens is 370 g/mol. The van der Waals surface area contributed by atoms with Crippen LogP contribution in [0.4, 0.5) is 0 Å². The monoisotopic (exact) mass is 391 g/mol. The summed E-state index contributed by atoms with van der Waals surface area (Å²) in [4.78, 5) is 0. The molecule has 0 aliphatic carbocycles. The highest BCUT2D eigenvalue weighted by molar-refractivity contribution is 9.10. The molecule has 3 aromatic carbocycles. The smallest absolute Gasteiger partial charge is 0.0541 e. The fourth-order valence-corrected chi connectivity index (χ4v) is 3.94. The summed E-state index contributed by atoms with van der Waals surface area (Å²) in [5.41, 5.74) is 6.46. The standard InChI is InChI=1S/C23H22BrN/c1-3-4-5-17-7-10-19(11-8-17)25-22-12-6-16(2)14-20(22)21-15-18(24)9-13-23(21)25/h6-15H,3-5H2,1-2H3. The van der Waals surface area contributed by atoms with Gasteiger partial charge in [-0.25, -0.2) is 0 Å². The maximum absolute atomic E-state index is 3.63. The van der Waals surface area contributed by atoms with Gasteiger partial charge in [-0.3, -0.25) is 0 Å². The van der Waals surface area contributed by atoms with Crippen molar-refractivity contribution < 1.29 is 0 Å². The molecule has 126 valence electrons. The van der Waals surface area contributed by atoms with E-state index < -0.39 is 0 Å². The molecule has 0 aliphatic heterocycles. The summed E-state index contributed by atoms with van der Waals surface area (Å²) in [6.07, 6.45) is 3.65. The zero-order chi connectivity index (χ0) is 17.4. The van der Waals surface area contributed by atoms with Crippen LogP contribution in [0, 0.1) is 6.92 Å². The topological polar surface area (TPSA) is 4.93 Å². The lowest BCUT2D eigenvalue weighted by molar-refractivity contribution is 0.795. The molecule has 0 N–H and O–H groups in total. The number of nitrogens with zero attached hydrogens (tertiary/aromatic N) is 1. The number of benzene rings is 3. The van der Waals surface area contributed by atoms with Crippen LogP contribution in [0.1, 0.15) is 30.9 Å². The van der Waals surface area contributed by atoms with Gasteiger partial charge in [0.2, 0.25) is 0 Å². The van der Waals surface area contributed by atoms with Crippen molar-refractivity contribution in [2.45, 2.75) is 33.1 Å². The quantitative estimate of drug-likeness (QED) is 0.346. The third-order valence-corrected chi connectivity index (χ3v) is 5.39. The zero-order valence-corrected chi connectivity index (χ0v) is 16.3. The molecule has 1 heterocycles. The van der Waals surface area contributed by atoms with Crippen LogP contribution >= 0.6 is 15.9 Å². The second-order valence-corrected chi connectivity index (χ2v) is 7.70. The Balaban J connectivity index is 1.93. The molecule has 0 saturated carbocycles. The first-order valence-electron chi connectivity index (χ1n) is 8.97. The fraction of sp³-hybridized carbons (Fsp3) is 0.217. The van der Waals surface area contributed by atoms with Crippen molar-refractivity contribution in [3.8, 4) is 5.69 Å².